The van der Waals surface area contributed by atoms with Gasteiger partial charge in [0.25, 0.3) is 0 Å². The maximum Gasteiger partial charge on any atom is 0.310 e. The Morgan fingerprint density at radius 1 is 1.36 bits per heavy atom. The van der Waals surface area contributed by atoms with E-state index in [2.05, 4.69) is 0 Å². The summed E-state index contributed by atoms with van der Waals surface area (Å²) in [5.41, 5.74) is 1.67. The highest BCUT2D eigenvalue weighted by molar-refractivity contribution is 5.76. The van der Waals surface area contributed by atoms with Crippen molar-refractivity contribution in [3.63, 3.8) is 0 Å². The van der Waals surface area contributed by atoms with Gasteiger partial charge < -0.3 is 5.11 Å². The lowest BCUT2D eigenvalue weighted by atomic mass is 9.96. The molecule has 0 aliphatic rings. The van der Waals surface area contributed by atoms with Crippen molar-refractivity contribution < 1.29 is 14.7 Å². The van der Waals surface area contributed by atoms with Crippen LogP contribution in [0.15, 0.2) is 23.3 Å². The molecule has 0 aliphatic heterocycles. The summed E-state index contributed by atoms with van der Waals surface area (Å²) < 4.78 is 0. The van der Waals surface area contributed by atoms with Crippen molar-refractivity contribution in [1.82, 2.24) is 0 Å². The van der Waals surface area contributed by atoms with Crippen LogP contribution in [0.25, 0.3) is 0 Å². The molecule has 1 N–H and O–H groups in total. The molecule has 0 aromatic heterocycles. The van der Waals surface area contributed by atoms with Gasteiger partial charge in [-0.25, -0.2) is 0 Å². The molecule has 3 nitrogen and oxygen atoms in total. The summed E-state index contributed by atoms with van der Waals surface area (Å²) in [7, 11) is 0. The molecule has 14 heavy (non-hydrogen) atoms. The zero-order valence-electron chi connectivity index (χ0n) is 8.78. The Balaban J connectivity index is 4.61. The van der Waals surface area contributed by atoms with Gasteiger partial charge in [0, 0.05) is 0 Å². The average molecular weight is 196 g/mol. The van der Waals surface area contributed by atoms with Crippen LogP contribution in [0.5, 0.6) is 0 Å². The van der Waals surface area contributed by atoms with Gasteiger partial charge in [-0.05, 0) is 33.3 Å². The fourth-order valence-electron chi connectivity index (χ4n) is 1.06. The van der Waals surface area contributed by atoms with Gasteiger partial charge >= 0.3 is 5.97 Å². The van der Waals surface area contributed by atoms with Crippen molar-refractivity contribution in [2.45, 2.75) is 27.2 Å². The molecule has 0 aromatic rings. The van der Waals surface area contributed by atoms with Crippen LogP contribution in [0, 0.1) is 5.92 Å². The molecule has 3 heteroatoms. The van der Waals surface area contributed by atoms with Gasteiger partial charge in [0.2, 0.25) is 0 Å². The molecule has 0 fully saturated rings. The molecular formula is C11H16O3. The minimum atomic E-state index is -0.891. The number of carbonyl (C=O) groups excluding carboxylic acids is 1. The predicted molar refractivity (Wildman–Crippen MR) is 55.0 cm³/mol. The van der Waals surface area contributed by atoms with Gasteiger partial charge in [-0.2, -0.15) is 0 Å². The topological polar surface area (TPSA) is 54.4 Å². The van der Waals surface area contributed by atoms with Crippen molar-refractivity contribution in [3.8, 4) is 0 Å². The van der Waals surface area contributed by atoms with Crippen LogP contribution in [0.4, 0.5) is 0 Å². The minimum Gasteiger partial charge on any atom is -0.481 e. The van der Waals surface area contributed by atoms with Crippen LogP contribution < -0.4 is 0 Å². The van der Waals surface area contributed by atoms with Crippen molar-refractivity contribution in [2.24, 2.45) is 5.92 Å². The first-order valence-corrected chi connectivity index (χ1v) is 4.47. The molecule has 1 unspecified atom stereocenters. The standard InChI is InChI=1S/C11H16O3/c1-8(2)4-5-10(11(13)14)9(3)6-7-12/h4,6-7,10H,5H2,1-3H3,(H,13,14). The number of hydrogen-bond donors (Lipinski definition) is 1. The number of rotatable bonds is 5. The van der Waals surface area contributed by atoms with Gasteiger partial charge in [-0.1, -0.05) is 17.2 Å². The first-order valence-electron chi connectivity index (χ1n) is 4.47. The first kappa shape index (κ1) is 12.6. The van der Waals surface area contributed by atoms with Crippen LogP contribution in [0.1, 0.15) is 27.2 Å². The Labute approximate surface area is 84.1 Å². The van der Waals surface area contributed by atoms with Gasteiger partial charge in [-0.15, -0.1) is 0 Å². The molecular weight excluding hydrogens is 180 g/mol. The van der Waals surface area contributed by atoms with Crippen molar-refractivity contribution in [1.29, 1.82) is 0 Å². The van der Waals surface area contributed by atoms with Crippen LogP contribution in [-0.4, -0.2) is 17.4 Å². The molecule has 0 saturated heterocycles. The summed E-state index contributed by atoms with van der Waals surface area (Å²) in [6.07, 6.45) is 4.22. The number of aliphatic carboxylic acids is 1. The quantitative estimate of drug-likeness (QED) is 0.416. The van der Waals surface area contributed by atoms with E-state index in [1.54, 1.807) is 6.92 Å². The summed E-state index contributed by atoms with van der Waals surface area (Å²) in [6, 6.07) is 0. The smallest absolute Gasteiger partial charge is 0.310 e. The van der Waals surface area contributed by atoms with E-state index in [1.807, 2.05) is 19.9 Å². The molecule has 0 saturated carbocycles. The first-order chi connectivity index (χ1) is 6.49. The Morgan fingerprint density at radius 2 is 1.93 bits per heavy atom. The molecule has 0 aromatic carbocycles. The van der Waals surface area contributed by atoms with E-state index >= 15 is 0 Å². The van der Waals surface area contributed by atoms with E-state index in [0.717, 1.165) is 5.57 Å². The summed E-state index contributed by atoms with van der Waals surface area (Å²) in [5, 5.41) is 8.90. The van der Waals surface area contributed by atoms with Crippen LogP contribution in [0.3, 0.4) is 0 Å². The number of aldehydes is 1. The molecule has 0 bridgehead atoms. The summed E-state index contributed by atoms with van der Waals surface area (Å²) in [5.74, 6) is -1.48. The maximum absolute atomic E-state index is 10.8. The second kappa shape index (κ2) is 6.13. The Kier molecular flexibility index (Phi) is 5.53. The summed E-state index contributed by atoms with van der Waals surface area (Å²) >= 11 is 0. The highest BCUT2D eigenvalue weighted by Gasteiger charge is 2.17. The molecule has 78 valence electrons. The van der Waals surface area contributed by atoms with E-state index in [0.29, 0.717) is 18.3 Å². The second-order valence-electron chi connectivity index (χ2n) is 3.45. The van der Waals surface area contributed by atoms with Crippen molar-refractivity contribution in [2.75, 3.05) is 0 Å². The molecule has 0 spiro atoms. The lowest BCUT2D eigenvalue weighted by molar-refractivity contribution is -0.140. The van der Waals surface area contributed by atoms with Crippen molar-refractivity contribution in [3.05, 3.63) is 23.3 Å². The number of hydrogen-bond acceptors (Lipinski definition) is 2. The van der Waals surface area contributed by atoms with Crippen LogP contribution in [-0.2, 0) is 9.59 Å². The van der Waals surface area contributed by atoms with E-state index < -0.39 is 11.9 Å². The molecule has 1 atom stereocenters. The molecule has 0 rings (SSSR count). The third kappa shape index (κ3) is 4.60. The predicted octanol–water partition coefficient (Wildman–Crippen LogP) is 2.19. The number of carboxylic acid groups (broad SMARTS) is 1. The zero-order valence-corrected chi connectivity index (χ0v) is 8.78. The Hall–Kier alpha value is -1.38. The third-order valence-corrected chi connectivity index (χ3v) is 1.94. The maximum atomic E-state index is 10.8. The van der Waals surface area contributed by atoms with Gasteiger partial charge in [0.05, 0.1) is 5.92 Å². The van der Waals surface area contributed by atoms with Gasteiger partial charge in [-0.3, -0.25) is 9.59 Å². The monoisotopic (exact) mass is 196 g/mol. The summed E-state index contributed by atoms with van der Waals surface area (Å²) in [6.45, 7) is 5.49. The van der Waals surface area contributed by atoms with Gasteiger partial charge in [0.15, 0.2) is 0 Å². The fourth-order valence-corrected chi connectivity index (χ4v) is 1.06. The Morgan fingerprint density at radius 3 is 2.29 bits per heavy atom. The molecule has 0 amide bonds. The van der Waals surface area contributed by atoms with Gasteiger partial charge in [0.1, 0.15) is 6.29 Å². The second-order valence-corrected chi connectivity index (χ2v) is 3.45. The fraction of sp³-hybridized carbons (Fsp3) is 0.455. The van der Waals surface area contributed by atoms with Crippen LogP contribution >= 0.6 is 0 Å². The lowest BCUT2D eigenvalue weighted by Gasteiger charge is -2.09. The van der Waals surface area contributed by atoms with Crippen LogP contribution in [0.2, 0.25) is 0 Å². The molecule has 0 heterocycles. The number of carboxylic acids is 1. The number of carbonyl (C=O) groups is 2. The minimum absolute atomic E-state index is 0.438. The largest absolute Gasteiger partial charge is 0.481 e. The lowest BCUT2D eigenvalue weighted by Crippen LogP contribution is -2.14. The highest BCUT2D eigenvalue weighted by atomic mass is 16.4. The van der Waals surface area contributed by atoms with E-state index in [-0.39, 0.29) is 0 Å². The molecule has 0 aliphatic carbocycles. The Bertz CT molecular complexity index is 270. The summed E-state index contributed by atoms with van der Waals surface area (Å²) in [4.78, 5) is 21.0. The zero-order chi connectivity index (χ0) is 11.1. The SMILES string of the molecule is CC(C)=CCC(C(=O)O)C(C)=CC=O. The highest BCUT2D eigenvalue weighted by Crippen LogP contribution is 2.16. The average Bonchev–Trinajstić information content (AvgIpc) is 2.03. The van der Waals surface area contributed by atoms with E-state index in [9.17, 15) is 9.59 Å². The third-order valence-electron chi connectivity index (χ3n) is 1.94. The molecule has 0 radical (unpaired) electrons. The van der Waals surface area contributed by atoms with E-state index in [4.69, 9.17) is 5.11 Å². The number of allylic oxidation sites excluding steroid dienone is 3. The normalized spacial score (nSPS) is 13.2. The van der Waals surface area contributed by atoms with Crippen molar-refractivity contribution >= 4 is 12.3 Å². The van der Waals surface area contributed by atoms with E-state index in [1.165, 1.54) is 6.08 Å².